The number of nitrogens with zero attached hydrogens (tertiary/aromatic N) is 2. The lowest BCUT2D eigenvalue weighted by Gasteiger charge is -2.07. The molecule has 0 aliphatic rings. The summed E-state index contributed by atoms with van der Waals surface area (Å²) in [5.74, 6) is 6.20. The largest absolute Gasteiger partial charge is 0.484 e. The van der Waals surface area contributed by atoms with Crippen LogP contribution in [0, 0.1) is 17.7 Å². The average molecular weight is 277 g/mol. The molecule has 1 aromatic carbocycles. The minimum Gasteiger partial charge on any atom is -0.484 e. The highest BCUT2D eigenvalue weighted by molar-refractivity contribution is 6.19. The second kappa shape index (κ2) is 6.72. The number of halogens is 2. The summed E-state index contributed by atoms with van der Waals surface area (Å²) >= 11 is 5.50. The third kappa shape index (κ3) is 3.94. The Labute approximate surface area is 115 Å². The van der Waals surface area contributed by atoms with Crippen LogP contribution in [-0.2, 0) is 6.61 Å². The van der Waals surface area contributed by atoms with Crippen molar-refractivity contribution in [1.29, 1.82) is 0 Å². The van der Waals surface area contributed by atoms with Gasteiger partial charge in [0.15, 0.2) is 5.82 Å². The first-order valence-electron chi connectivity index (χ1n) is 5.52. The Morgan fingerprint density at radius 1 is 1.26 bits per heavy atom. The van der Waals surface area contributed by atoms with Crippen molar-refractivity contribution >= 4 is 11.6 Å². The summed E-state index contributed by atoms with van der Waals surface area (Å²) in [5, 5.41) is 0. The van der Waals surface area contributed by atoms with Gasteiger partial charge in [0.25, 0.3) is 0 Å². The molecule has 0 radical (unpaired) electrons. The minimum atomic E-state index is -0.389. The van der Waals surface area contributed by atoms with Gasteiger partial charge in [-0.15, -0.1) is 11.6 Å². The highest BCUT2D eigenvalue weighted by Gasteiger charge is 2.05. The van der Waals surface area contributed by atoms with Crippen molar-refractivity contribution in [2.24, 2.45) is 0 Å². The van der Waals surface area contributed by atoms with Gasteiger partial charge in [0, 0.05) is 18.5 Å². The van der Waals surface area contributed by atoms with Crippen LogP contribution in [0.4, 0.5) is 4.39 Å². The van der Waals surface area contributed by atoms with E-state index in [-0.39, 0.29) is 18.3 Å². The number of ether oxygens (including phenoxy) is 1. The van der Waals surface area contributed by atoms with E-state index in [1.807, 2.05) is 0 Å². The standard InChI is InChI=1S/C14H10ClFN2O/c15-6-1-3-11-4-5-12(16)9-13(11)19-10-14-17-7-2-8-18-14/h2,4-5,7-9H,6,10H2. The van der Waals surface area contributed by atoms with E-state index in [2.05, 4.69) is 21.8 Å². The van der Waals surface area contributed by atoms with Crippen LogP contribution in [0.3, 0.4) is 0 Å². The van der Waals surface area contributed by atoms with E-state index in [0.717, 1.165) is 0 Å². The zero-order valence-electron chi connectivity index (χ0n) is 9.94. The molecule has 2 rings (SSSR count). The van der Waals surface area contributed by atoms with Crippen LogP contribution in [0.25, 0.3) is 0 Å². The van der Waals surface area contributed by atoms with E-state index >= 15 is 0 Å². The van der Waals surface area contributed by atoms with Gasteiger partial charge in [-0.25, -0.2) is 14.4 Å². The van der Waals surface area contributed by atoms with Gasteiger partial charge in [-0.1, -0.05) is 11.8 Å². The van der Waals surface area contributed by atoms with Crippen molar-refractivity contribution in [2.45, 2.75) is 6.61 Å². The second-order valence-corrected chi connectivity index (χ2v) is 3.80. The van der Waals surface area contributed by atoms with Gasteiger partial charge in [0.2, 0.25) is 0 Å². The van der Waals surface area contributed by atoms with E-state index in [9.17, 15) is 4.39 Å². The molecule has 0 unspecified atom stereocenters. The number of benzene rings is 1. The summed E-state index contributed by atoms with van der Waals surface area (Å²) in [6.07, 6.45) is 3.23. The van der Waals surface area contributed by atoms with Crippen molar-refractivity contribution in [3.05, 3.63) is 53.9 Å². The van der Waals surface area contributed by atoms with Gasteiger partial charge in [0.1, 0.15) is 18.2 Å². The maximum atomic E-state index is 13.2. The number of hydrogen-bond acceptors (Lipinski definition) is 3. The molecule has 1 heterocycles. The Hall–Kier alpha value is -2.12. The monoisotopic (exact) mass is 276 g/mol. The van der Waals surface area contributed by atoms with Crippen LogP contribution in [-0.4, -0.2) is 15.8 Å². The summed E-state index contributed by atoms with van der Waals surface area (Å²) in [6.45, 7) is 0.153. The smallest absolute Gasteiger partial charge is 0.166 e. The maximum Gasteiger partial charge on any atom is 0.166 e. The summed E-state index contributed by atoms with van der Waals surface area (Å²) in [5.41, 5.74) is 0.581. The molecule has 0 aliphatic heterocycles. The molecule has 0 saturated heterocycles. The van der Waals surface area contributed by atoms with Crippen molar-refractivity contribution in [1.82, 2.24) is 9.97 Å². The summed E-state index contributed by atoms with van der Waals surface area (Å²) in [6, 6.07) is 5.87. The zero-order valence-corrected chi connectivity index (χ0v) is 10.7. The van der Waals surface area contributed by atoms with E-state index < -0.39 is 0 Å². The molecule has 5 heteroatoms. The van der Waals surface area contributed by atoms with Crippen LogP contribution < -0.4 is 4.74 Å². The third-order valence-electron chi connectivity index (χ3n) is 2.21. The van der Waals surface area contributed by atoms with Gasteiger partial charge in [-0.3, -0.25) is 0 Å². The number of alkyl halides is 1. The molecular formula is C14H10ClFN2O. The molecule has 0 fully saturated rings. The molecule has 19 heavy (non-hydrogen) atoms. The van der Waals surface area contributed by atoms with Crippen LogP contribution in [0.2, 0.25) is 0 Å². The summed E-state index contributed by atoms with van der Waals surface area (Å²) in [7, 11) is 0. The van der Waals surface area contributed by atoms with Crippen molar-refractivity contribution < 1.29 is 9.13 Å². The van der Waals surface area contributed by atoms with Crippen molar-refractivity contribution in [2.75, 3.05) is 5.88 Å². The van der Waals surface area contributed by atoms with Gasteiger partial charge >= 0.3 is 0 Å². The van der Waals surface area contributed by atoms with E-state index in [4.69, 9.17) is 16.3 Å². The van der Waals surface area contributed by atoms with Gasteiger partial charge in [0.05, 0.1) is 11.4 Å². The van der Waals surface area contributed by atoms with E-state index in [0.29, 0.717) is 17.1 Å². The Morgan fingerprint density at radius 3 is 2.79 bits per heavy atom. The molecule has 2 aromatic rings. The molecule has 0 bridgehead atoms. The van der Waals surface area contributed by atoms with Crippen LogP contribution >= 0.6 is 11.6 Å². The first kappa shape index (κ1) is 13.3. The first-order chi connectivity index (χ1) is 9.29. The van der Waals surface area contributed by atoms with Crippen LogP contribution in [0.15, 0.2) is 36.7 Å². The quantitative estimate of drug-likeness (QED) is 0.639. The van der Waals surface area contributed by atoms with E-state index in [1.165, 1.54) is 12.1 Å². The molecule has 1 aromatic heterocycles. The summed E-state index contributed by atoms with van der Waals surface area (Å²) < 4.78 is 18.7. The number of aromatic nitrogens is 2. The fourth-order valence-electron chi connectivity index (χ4n) is 1.39. The lowest BCUT2D eigenvalue weighted by atomic mass is 10.2. The Morgan fingerprint density at radius 2 is 2.05 bits per heavy atom. The topological polar surface area (TPSA) is 35.0 Å². The molecule has 0 amide bonds. The Bertz CT molecular complexity index is 608. The van der Waals surface area contributed by atoms with Gasteiger partial charge in [-0.05, 0) is 18.2 Å². The first-order valence-corrected chi connectivity index (χ1v) is 6.06. The molecule has 0 N–H and O–H groups in total. The number of hydrogen-bond donors (Lipinski definition) is 0. The fraction of sp³-hybridized carbons (Fsp3) is 0.143. The lowest BCUT2D eigenvalue weighted by Crippen LogP contribution is -2.02. The maximum absolute atomic E-state index is 13.2. The second-order valence-electron chi connectivity index (χ2n) is 3.53. The SMILES string of the molecule is Fc1ccc(C#CCCl)c(OCc2ncccn2)c1. The van der Waals surface area contributed by atoms with Gasteiger partial charge in [-0.2, -0.15) is 0 Å². The van der Waals surface area contributed by atoms with E-state index in [1.54, 1.807) is 24.5 Å². The molecule has 3 nitrogen and oxygen atoms in total. The summed E-state index contributed by atoms with van der Waals surface area (Å²) in [4.78, 5) is 8.04. The lowest BCUT2D eigenvalue weighted by molar-refractivity contribution is 0.293. The zero-order chi connectivity index (χ0) is 13.5. The van der Waals surface area contributed by atoms with Crippen molar-refractivity contribution in [3.63, 3.8) is 0 Å². The average Bonchev–Trinajstić information content (AvgIpc) is 2.45. The predicted molar refractivity (Wildman–Crippen MR) is 70.4 cm³/mol. The van der Waals surface area contributed by atoms with Crippen LogP contribution in [0.1, 0.15) is 11.4 Å². The van der Waals surface area contributed by atoms with Crippen molar-refractivity contribution in [3.8, 4) is 17.6 Å². The highest BCUT2D eigenvalue weighted by atomic mass is 35.5. The molecule has 0 atom stereocenters. The minimum absolute atomic E-state index is 0.153. The normalized spacial score (nSPS) is 9.58. The predicted octanol–water partition coefficient (Wildman–Crippen LogP) is 2.79. The fourth-order valence-corrected chi connectivity index (χ4v) is 1.46. The molecular weight excluding hydrogens is 267 g/mol. The molecule has 0 saturated carbocycles. The van der Waals surface area contributed by atoms with Gasteiger partial charge < -0.3 is 4.74 Å². The Kier molecular flexibility index (Phi) is 4.71. The Balaban J connectivity index is 2.16. The molecule has 96 valence electrons. The molecule has 0 aliphatic carbocycles. The number of rotatable bonds is 3. The third-order valence-corrected chi connectivity index (χ3v) is 2.34. The molecule has 0 spiro atoms. The van der Waals surface area contributed by atoms with Crippen LogP contribution in [0.5, 0.6) is 5.75 Å². The highest BCUT2D eigenvalue weighted by Crippen LogP contribution is 2.19.